The predicted octanol–water partition coefficient (Wildman–Crippen LogP) is 9.19. The molecule has 0 aliphatic heterocycles. The number of esters is 1. The van der Waals surface area contributed by atoms with Crippen LogP contribution in [-0.2, 0) is 40.2 Å². The standard InChI is InChI=1S/C42H53NO5Si/c1-41(2,3)49(6,7)48-39(36-22-23-38(37(26-36)29-44)46-30-33-15-10-8-11-16-33)28-43-42(4,5)27-35-20-14-19-32(25-35)21-24-40(45)47-31-34-17-12-9-13-18-34/h8-26,39,43-44H,27-31H2,1-7H3/b24-21+/t39-/m0/s1. The molecule has 0 bridgehead atoms. The molecule has 1 atom stereocenters. The number of nitrogens with one attached hydrogen (secondary N) is 1. The molecular weight excluding hydrogens is 627 g/mol. The maximum Gasteiger partial charge on any atom is 0.331 e. The first-order valence-electron chi connectivity index (χ1n) is 17.1. The van der Waals surface area contributed by atoms with Crippen LogP contribution >= 0.6 is 0 Å². The molecule has 2 N–H and O–H groups in total. The van der Waals surface area contributed by atoms with Gasteiger partial charge in [0, 0.05) is 23.7 Å². The summed E-state index contributed by atoms with van der Waals surface area (Å²) in [4.78, 5) is 12.3. The average Bonchev–Trinajstić information content (AvgIpc) is 3.07. The van der Waals surface area contributed by atoms with Crippen molar-refractivity contribution in [1.29, 1.82) is 0 Å². The Kier molecular flexibility index (Phi) is 13.2. The highest BCUT2D eigenvalue weighted by molar-refractivity contribution is 6.74. The number of hydrogen-bond acceptors (Lipinski definition) is 6. The Hall–Kier alpha value is -4.01. The average molecular weight is 680 g/mol. The van der Waals surface area contributed by atoms with Gasteiger partial charge in [0.15, 0.2) is 8.32 Å². The summed E-state index contributed by atoms with van der Waals surface area (Å²) in [6.07, 6.45) is 3.83. The summed E-state index contributed by atoms with van der Waals surface area (Å²) in [6, 6.07) is 33.9. The normalized spacial score (nSPS) is 13.0. The van der Waals surface area contributed by atoms with Crippen LogP contribution in [0.1, 0.15) is 74.1 Å². The number of benzene rings is 4. The summed E-state index contributed by atoms with van der Waals surface area (Å²) in [5, 5.41) is 14.1. The van der Waals surface area contributed by atoms with Crippen molar-refractivity contribution >= 4 is 20.4 Å². The fourth-order valence-corrected chi connectivity index (χ4v) is 6.53. The Morgan fingerprint density at radius 3 is 2.08 bits per heavy atom. The van der Waals surface area contributed by atoms with Crippen LogP contribution in [0.2, 0.25) is 18.1 Å². The van der Waals surface area contributed by atoms with Crippen LogP contribution in [0.3, 0.4) is 0 Å². The molecule has 0 amide bonds. The zero-order valence-electron chi connectivity index (χ0n) is 30.2. The van der Waals surface area contributed by atoms with Gasteiger partial charge in [-0.25, -0.2) is 4.79 Å². The summed E-state index contributed by atoms with van der Waals surface area (Å²) >= 11 is 0. The highest BCUT2D eigenvalue weighted by Crippen LogP contribution is 2.40. The van der Waals surface area contributed by atoms with Crippen LogP contribution in [-0.4, -0.2) is 31.5 Å². The van der Waals surface area contributed by atoms with E-state index in [1.165, 1.54) is 6.08 Å². The van der Waals surface area contributed by atoms with Crippen molar-refractivity contribution in [3.63, 3.8) is 0 Å². The molecule has 0 radical (unpaired) electrons. The summed E-state index contributed by atoms with van der Waals surface area (Å²) in [7, 11) is -2.15. The topological polar surface area (TPSA) is 77.0 Å². The van der Waals surface area contributed by atoms with Crippen LogP contribution in [0.5, 0.6) is 5.75 Å². The first-order chi connectivity index (χ1) is 23.2. The third-order valence-electron chi connectivity index (χ3n) is 9.11. The van der Waals surface area contributed by atoms with Crippen molar-refractivity contribution < 1.29 is 23.8 Å². The van der Waals surface area contributed by atoms with E-state index in [1.807, 2.05) is 84.9 Å². The molecule has 0 fully saturated rings. The molecule has 0 heterocycles. The van der Waals surface area contributed by atoms with Gasteiger partial charge in [0.1, 0.15) is 19.0 Å². The van der Waals surface area contributed by atoms with Crippen LogP contribution in [0.4, 0.5) is 0 Å². The molecule has 0 aliphatic rings. The molecular formula is C42H53NO5Si. The smallest absolute Gasteiger partial charge is 0.331 e. The first-order valence-corrected chi connectivity index (χ1v) is 20.0. The summed E-state index contributed by atoms with van der Waals surface area (Å²) in [5.41, 5.74) is 5.61. The Bertz CT molecular complexity index is 1660. The van der Waals surface area contributed by atoms with Crippen LogP contribution in [0, 0.1) is 0 Å². The van der Waals surface area contributed by atoms with Gasteiger partial charge in [0.2, 0.25) is 0 Å². The molecule has 0 aliphatic carbocycles. The molecule has 260 valence electrons. The molecule has 49 heavy (non-hydrogen) atoms. The van der Waals surface area contributed by atoms with Crippen molar-refractivity contribution in [1.82, 2.24) is 5.32 Å². The molecule has 0 unspecified atom stereocenters. The van der Waals surface area contributed by atoms with Crippen LogP contribution in [0.15, 0.2) is 109 Å². The number of carbonyl (C=O) groups is 1. The molecule has 6 nitrogen and oxygen atoms in total. The lowest BCUT2D eigenvalue weighted by Gasteiger charge is -2.40. The summed E-state index contributed by atoms with van der Waals surface area (Å²) in [5.74, 6) is 0.303. The first kappa shape index (κ1) is 37.8. The predicted molar refractivity (Wildman–Crippen MR) is 202 cm³/mol. The molecule has 4 aromatic rings. The lowest BCUT2D eigenvalue weighted by atomic mass is 9.93. The van der Waals surface area contributed by atoms with E-state index in [9.17, 15) is 9.90 Å². The lowest BCUT2D eigenvalue weighted by Crippen LogP contribution is -2.47. The third kappa shape index (κ3) is 11.8. The largest absolute Gasteiger partial charge is 0.489 e. The van der Waals surface area contributed by atoms with Gasteiger partial charge in [-0.15, -0.1) is 0 Å². The van der Waals surface area contributed by atoms with Gasteiger partial charge in [0.25, 0.3) is 0 Å². The van der Waals surface area contributed by atoms with E-state index in [2.05, 4.69) is 71.2 Å². The Morgan fingerprint density at radius 2 is 1.45 bits per heavy atom. The second-order valence-corrected chi connectivity index (χ2v) is 19.5. The van der Waals surface area contributed by atoms with E-state index in [-0.39, 0.29) is 35.9 Å². The molecule has 0 saturated heterocycles. The van der Waals surface area contributed by atoms with E-state index in [1.54, 1.807) is 6.08 Å². The van der Waals surface area contributed by atoms with Gasteiger partial charge in [-0.2, -0.15) is 0 Å². The van der Waals surface area contributed by atoms with Gasteiger partial charge >= 0.3 is 5.97 Å². The lowest BCUT2D eigenvalue weighted by molar-refractivity contribution is -0.138. The summed E-state index contributed by atoms with van der Waals surface area (Å²) in [6.45, 7) is 16.8. The number of hydrogen-bond donors (Lipinski definition) is 2. The van der Waals surface area contributed by atoms with E-state index >= 15 is 0 Å². The van der Waals surface area contributed by atoms with Crippen molar-refractivity contribution in [3.05, 3.63) is 143 Å². The van der Waals surface area contributed by atoms with Crippen molar-refractivity contribution in [3.8, 4) is 5.75 Å². The second kappa shape index (κ2) is 17.1. The maximum atomic E-state index is 12.3. The number of rotatable bonds is 16. The van der Waals surface area contributed by atoms with Gasteiger partial charge in [-0.1, -0.05) is 112 Å². The van der Waals surface area contributed by atoms with Crippen molar-refractivity contribution in [2.45, 2.75) is 90.6 Å². The van der Waals surface area contributed by atoms with Gasteiger partial charge in [-0.05, 0) is 84.4 Å². The van der Waals surface area contributed by atoms with Gasteiger partial charge < -0.3 is 24.3 Å². The van der Waals surface area contributed by atoms with E-state index < -0.39 is 8.32 Å². The van der Waals surface area contributed by atoms with Crippen LogP contribution in [0.25, 0.3) is 6.08 Å². The fourth-order valence-electron chi connectivity index (χ4n) is 5.25. The number of ether oxygens (including phenoxy) is 2. The molecule has 0 aromatic heterocycles. The summed E-state index contributed by atoms with van der Waals surface area (Å²) < 4.78 is 18.5. The number of aliphatic hydroxyl groups is 1. The Labute approximate surface area is 294 Å². The fraction of sp³-hybridized carbons (Fsp3) is 0.357. The van der Waals surface area contributed by atoms with Crippen LogP contribution < -0.4 is 10.1 Å². The van der Waals surface area contributed by atoms with Gasteiger partial charge in [-0.3, -0.25) is 0 Å². The quantitative estimate of drug-likeness (QED) is 0.0699. The van der Waals surface area contributed by atoms with E-state index in [0.717, 1.165) is 39.8 Å². The second-order valence-electron chi connectivity index (χ2n) is 14.8. The highest BCUT2D eigenvalue weighted by atomic mass is 28.4. The number of aliphatic hydroxyl groups excluding tert-OH is 1. The Morgan fingerprint density at radius 1 is 0.816 bits per heavy atom. The molecule has 0 spiro atoms. The molecule has 4 aromatic carbocycles. The zero-order chi connectivity index (χ0) is 35.5. The maximum absolute atomic E-state index is 12.3. The van der Waals surface area contributed by atoms with Crippen molar-refractivity contribution in [2.75, 3.05) is 6.54 Å². The third-order valence-corrected chi connectivity index (χ3v) is 13.6. The SMILES string of the molecule is CC(C)(Cc1cccc(/C=C/C(=O)OCc2ccccc2)c1)NC[C@H](O[Si](C)(C)C(C)(C)C)c1ccc(OCc2ccccc2)c(CO)c1. The molecule has 4 rings (SSSR count). The minimum Gasteiger partial charge on any atom is -0.489 e. The van der Waals surface area contributed by atoms with E-state index in [0.29, 0.717) is 18.9 Å². The minimum absolute atomic E-state index is 0.0290. The molecule has 7 heteroatoms. The highest BCUT2D eigenvalue weighted by Gasteiger charge is 2.40. The zero-order valence-corrected chi connectivity index (χ0v) is 31.2. The number of carbonyl (C=O) groups excluding carboxylic acids is 1. The Balaban J connectivity index is 1.44. The van der Waals surface area contributed by atoms with E-state index in [4.69, 9.17) is 13.9 Å². The monoisotopic (exact) mass is 679 g/mol. The van der Waals surface area contributed by atoms with Crippen molar-refractivity contribution in [2.24, 2.45) is 0 Å². The van der Waals surface area contributed by atoms with Gasteiger partial charge in [0.05, 0.1) is 12.7 Å². The molecule has 0 saturated carbocycles. The minimum atomic E-state index is -2.15.